The zero-order valence-corrected chi connectivity index (χ0v) is 9.47. The minimum atomic E-state index is 0.912. The van der Waals surface area contributed by atoms with Gasteiger partial charge in [0.15, 0.2) is 0 Å². The molecule has 0 saturated carbocycles. The maximum atomic E-state index is 4.48. The molecule has 4 heteroatoms. The van der Waals surface area contributed by atoms with Crippen LogP contribution in [0, 0.1) is 6.92 Å². The Bertz CT molecular complexity index is 308. The summed E-state index contributed by atoms with van der Waals surface area (Å²) in [6.45, 7) is 1.97. The van der Waals surface area contributed by atoms with Gasteiger partial charge >= 0.3 is 0 Å². The Morgan fingerprint density at radius 2 is 2.23 bits per heavy atom. The molecular weight excluding hydrogens is 200 g/mol. The molecule has 2 nitrogen and oxygen atoms in total. The van der Waals surface area contributed by atoms with Crippen molar-refractivity contribution in [2.24, 2.45) is 0 Å². The molecule has 0 bridgehead atoms. The summed E-state index contributed by atoms with van der Waals surface area (Å²) >= 11 is 3.71. The predicted octanol–water partition coefficient (Wildman–Crippen LogP) is 2.30. The highest BCUT2D eigenvalue weighted by Gasteiger charge is 2.16. The summed E-state index contributed by atoms with van der Waals surface area (Å²) in [4.78, 5) is 8.93. The van der Waals surface area contributed by atoms with E-state index in [-0.39, 0.29) is 0 Å². The van der Waals surface area contributed by atoms with E-state index in [0.717, 1.165) is 18.0 Å². The second kappa shape index (κ2) is 3.88. The van der Waals surface area contributed by atoms with Gasteiger partial charge in [0, 0.05) is 11.3 Å². The highest BCUT2D eigenvalue weighted by Crippen LogP contribution is 2.29. The number of thioether (sulfide) groups is 2. The number of hydrogen-bond acceptors (Lipinski definition) is 4. The van der Waals surface area contributed by atoms with Crippen LogP contribution in [0.2, 0.25) is 0 Å². The SMILES string of the molecule is CSc1nc(C)nc2c1CSCC2. The Morgan fingerprint density at radius 3 is 3.00 bits per heavy atom. The predicted molar refractivity (Wildman–Crippen MR) is 58.4 cm³/mol. The molecule has 0 radical (unpaired) electrons. The molecule has 0 amide bonds. The van der Waals surface area contributed by atoms with Crippen molar-refractivity contribution in [1.82, 2.24) is 9.97 Å². The van der Waals surface area contributed by atoms with Crippen LogP contribution in [-0.4, -0.2) is 22.0 Å². The molecule has 0 aliphatic carbocycles. The first kappa shape index (κ1) is 9.34. The van der Waals surface area contributed by atoms with E-state index in [2.05, 4.69) is 16.2 Å². The Balaban J connectivity index is 2.50. The molecule has 0 aromatic carbocycles. The molecule has 2 heterocycles. The van der Waals surface area contributed by atoms with Gasteiger partial charge in [-0.1, -0.05) is 0 Å². The van der Waals surface area contributed by atoms with E-state index in [1.807, 2.05) is 18.7 Å². The summed E-state index contributed by atoms with van der Waals surface area (Å²) < 4.78 is 0. The van der Waals surface area contributed by atoms with Crippen LogP contribution in [-0.2, 0) is 12.2 Å². The largest absolute Gasteiger partial charge is 0.238 e. The maximum Gasteiger partial charge on any atom is 0.126 e. The fraction of sp³-hybridized carbons (Fsp3) is 0.556. The topological polar surface area (TPSA) is 25.8 Å². The highest BCUT2D eigenvalue weighted by atomic mass is 32.2. The molecule has 1 aliphatic rings. The number of fused-ring (bicyclic) bond motifs is 1. The van der Waals surface area contributed by atoms with Gasteiger partial charge in [-0.3, -0.25) is 0 Å². The van der Waals surface area contributed by atoms with Crippen LogP contribution in [0.1, 0.15) is 17.1 Å². The first-order valence-corrected chi connectivity index (χ1v) is 6.67. The number of aryl methyl sites for hydroxylation is 2. The van der Waals surface area contributed by atoms with Crippen molar-refractivity contribution >= 4 is 23.5 Å². The van der Waals surface area contributed by atoms with Gasteiger partial charge in [0.2, 0.25) is 0 Å². The van der Waals surface area contributed by atoms with E-state index in [1.54, 1.807) is 11.8 Å². The zero-order valence-electron chi connectivity index (χ0n) is 7.83. The van der Waals surface area contributed by atoms with E-state index in [1.165, 1.54) is 22.0 Å². The molecule has 0 saturated heterocycles. The van der Waals surface area contributed by atoms with Crippen LogP contribution >= 0.6 is 23.5 Å². The summed E-state index contributed by atoms with van der Waals surface area (Å²) in [5.41, 5.74) is 2.64. The van der Waals surface area contributed by atoms with E-state index in [0.29, 0.717) is 0 Å². The van der Waals surface area contributed by atoms with Crippen molar-refractivity contribution in [2.45, 2.75) is 24.1 Å². The number of hydrogen-bond donors (Lipinski definition) is 0. The van der Waals surface area contributed by atoms with Gasteiger partial charge in [-0.15, -0.1) is 11.8 Å². The summed E-state index contributed by atoms with van der Waals surface area (Å²) in [7, 11) is 0. The Kier molecular flexibility index (Phi) is 2.79. The molecule has 1 aliphatic heterocycles. The first-order valence-electron chi connectivity index (χ1n) is 4.29. The minimum Gasteiger partial charge on any atom is -0.238 e. The molecule has 70 valence electrons. The Morgan fingerprint density at radius 1 is 1.38 bits per heavy atom. The lowest BCUT2D eigenvalue weighted by Gasteiger charge is -2.16. The van der Waals surface area contributed by atoms with Gasteiger partial charge in [-0.2, -0.15) is 11.8 Å². The third kappa shape index (κ3) is 1.83. The fourth-order valence-corrected chi connectivity index (χ4v) is 3.23. The van der Waals surface area contributed by atoms with Crippen LogP contribution in [0.3, 0.4) is 0 Å². The highest BCUT2D eigenvalue weighted by molar-refractivity contribution is 7.99. The molecule has 1 aromatic rings. The first-order chi connectivity index (χ1) is 6.31. The number of rotatable bonds is 1. The number of aromatic nitrogens is 2. The van der Waals surface area contributed by atoms with Crippen LogP contribution in [0.4, 0.5) is 0 Å². The molecule has 1 aromatic heterocycles. The summed E-state index contributed by atoms with van der Waals surface area (Å²) in [5, 5.41) is 1.18. The second-order valence-corrected chi connectivity index (χ2v) is 4.91. The van der Waals surface area contributed by atoms with Crippen molar-refractivity contribution in [3.8, 4) is 0 Å². The fourth-order valence-electron chi connectivity index (χ4n) is 1.49. The maximum absolute atomic E-state index is 4.48. The van der Waals surface area contributed by atoms with E-state index in [9.17, 15) is 0 Å². The van der Waals surface area contributed by atoms with Crippen molar-refractivity contribution in [2.75, 3.05) is 12.0 Å². The minimum absolute atomic E-state index is 0.912. The standard InChI is InChI=1S/C9H12N2S2/c1-6-10-8-3-4-13-5-7(8)9(11-6)12-2/h3-5H2,1-2H3. The third-order valence-corrected chi connectivity index (χ3v) is 3.80. The van der Waals surface area contributed by atoms with Crippen molar-refractivity contribution in [1.29, 1.82) is 0 Å². The molecule has 0 atom stereocenters. The summed E-state index contributed by atoms with van der Waals surface area (Å²) in [6, 6.07) is 0. The van der Waals surface area contributed by atoms with E-state index < -0.39 is 0 Å². The lowest BCUT2D eigenvalue weighted by molar-refractivity contribution is 0.855. The van der Waals surface area contributed by atoms with E-state index >= 15 is 0 Å². The lowest BCUT2D eigenvalue weighted by atomic mass is 10.2. The number of nitrogens with zero attached hydrogens (tertiary/aromatic N) is 2. The smallest absolute Gasteiger partial charge is 0.126 e. The van der Waals surface area contributed by atoms with E-state index in [4.69, 9.17) is 0 Å². The Labute approximate surface area is 86.9 Å². The molecule has 2 rings (SSSR count). The monoisotopic (exact) mass is 212 g/mol. The van der Waals surface area contributed by atoms with Crippen LogP contribution in [0.5, 0.6) is 0 Å². The van der Waals surface area contributed by atoms with Gasteiger partial charge in [0.1, 0.15) is 10.9 Å². The summed E-state index contributed by atoms with van der Waals surface area (Å²) in [5.74, 6) is 3.21. The van der Waals surface area contributed by atoms with Crippen LogP contribution < -0.4 is 0 Å². The normalized spacial score (nSPS) is 15.5. The van der Waals surface area contributed by atoms with Gasteiger partial charge < -0.3 is 0 Å². The van der Waals surface area contributed by atoms with Crippen LogP contribution in [0.25, 0.3) is 0 Å². The molecule has 0 N–H and O–H groups in total. The third-order valence-electron chi connectivity index (χ3n) is 2.09. The average Bonchev–Trinajstić information content (AvgIpc) is 2.16. The van der Waals surface area contributed by atoms with Crippen molar-refractivity contribution < 1.29 is 0 Å². The lowest BCUT2D eigenvalue weighted by Crippen LogP contribution is -2.09. The van der Waals surface area contributed by atoms with Crippen LogP contribution in [0.15, 0.2) is 5.03 Å². The molecule has 0 fully saturated rings. The van der Waals surface area contributed by atoms with Crippen molar-refractivity contribution in [3.63, 3.8) is 0 Å². The summed E-state index contributed by atoms with van der Waals surface area (Å²) in [6.07, 6.45) is 3.19. The second-order valence-electron chi connectivity index (χ2n) is 3.01. The van der Waals surface area contributed by atoms with Gasteiger partial charge in [0.05, 0.1) is 5.69 Å². The quantitative estimate of drug-likeness (QED) is 0.527. The van der Waals surface area contributed by atoms with Crippen molar-refractivity contribution in [3.05, 3.63) is 17.1 Å². The zero-order chi connectivity index (χ0) is 9.26. The van der Waals surface area contributed by atoms with Gasteiger partial charge in [0.25, 0.3) is 0 Å². The van der Waals surface area contributed by atoms with Gasteiger partial charge in [-0.05, 0) is 25.4 Å². The Hall–Kier alpha value is -0.220. The molecule has 13 heavy (non-hydrogen) atoms. The van der Waals surface area contributed by atoms with Gasteiger partial charge in [-0.25, -0.2) is 9.97 Å². The molecule has 0 unspecified atom stereocenters. The molecular formula is C9H12N2S2. The average molecular weight is 212 g/mol. The molecule has 0 spiro atoms.